The second-order valence-corrected chi connectivity index (χ2v) is 4.06. The van der Waals surface area contributed by atoms with Gasteiger partial charge < -0.3 is 15.4 Å². The molecule has 0 atom stereocenters. The van der Waals surface area contributed by atoms with Gasteiger partial charge in [0.2, 0.25) is 0 Å². The van der Waals surface area contributed by atoms with Gasteiger partial charge in [-0.15, -0.1) is 0 Å². The highest BCUT2D eigenvalue weighted by Crippen LogP contribution is 2.20. The van der Waals surface area contributed by atoms with Crippen LogP contribution in [0, 0.1) is 11.6 Å². The molecule has 2 N–H and O–H groups in total. The highest BCUT2D eigenvalue weighted by Gasteiger charge is 2.29. The molecule has 0 heterocycles. The van der Waals surface area contributed by atoms with Crippen molar-refractivity contribution in [3.63, 3.8) is 0 Å². The molecule has 23 heavy (non-hydrogen) atoms. The van der Waals surface area contributed by atoms with Crippen LogP contribution >= 0.6 is 0 Å². The number of carbonyl (C=O) groups excluding carboxylic acids is 3. The smallest absolute Gasteiger partial charge is 0.405 e. The first-order valence-electron chi connectivity index (χ1n) is 5.78. The Hall–Kier alpha value is -2.72. The van der Waals surface area contributed by atoms with Gasteiger partial charge in [-0.1, -0.05) is 0 Å². The minimum Gasteiger partial charge on any atom is -0.465 e. The summed E-state index contributed by atoms with van der Waals surface area (Å²) < 4.78 is 66.7. The molecule has 1 rings (SSSR count). The Labute approximate surface area is 125 Å². The number of amides is 2. The molecule has 0 fully saturated rings. The van der Waals surface area contributed by atoms with E-state index in [9.17, 15) is 36.3 Å². The van der Waals surface area contributed by atoms with Crippen molar-refractivity contribution in [3.05, 3.63) is 29.3 Å². The second kappa shape index (κ2) is 7.03. The summed E-state index contributed by atoms with van der Waals surface area (Å²) in [6.07, 6.45) is -4.74. The lowest BCUT2D eigenvalue weighted by molar-refractivity contribution is -0.144. The highest BCUT2D eigenvalue weighted by molar-refractivity contribution is 6.39. The Morgan fingerprint density at radius 3 is 2.22 bits per heavy atom. The molecule has 6 nitrogen and oxygen atoms in total. The predicted octanol–water partition coefficient (Wildman–Crippen LogP) is 1.37. The molecule has 1 aromatic rings. The number of rotatable bonds is 3. The van der Waals surface area contributed by atoms with E-state index in [4.69, 9.17) is 0 Å². The number of halogens is 5. The Kier molecular flexibility index (Phi) is 5.60. The van der Waals surface area contributed by atoms with Crippen molar-refractivity contribution in [3.8, 4) is 0 Å². The van der Waals surface area contributed by atoms with E-state index in [2.05, 4.69) is 4.74 Å². The average molecular weight is 340 g/mol. The molecule has 0 aliphatic carbocycles. The van der Waals surface area contributed by atoms with Crippen LogP contribution in [0.5, 0.6) is 0 Å². The van der Waals surface area contributed by atoms with E-state index in [0.717, 1.165) is 7.11 Å². The number of ether oxygens (including phenoxy) is 1. The lowest BCUT2D eigenvalue weighted by Crippen LogP contribution is -2.40. The summed E-state index contributed by atoms with van der Waals surface area (Å²) in [5, 5.41) is 2.88. The third-order valence-corrected chi connectivity index (χ3v) is 2.37. The Balaban J connectivity index is 2.89. The fourth-order valence-corrected chi connectivity index (χ4v) is 1.35. The zero-order valence-corrected chi connectivity index (χ0v) is 11.4. The number of esters is 1. The average Bonchev–Trinajstić information content (AvgIpc) is 2.45. The van der Waals surface area contributed by atoms with E-state index in [-0.39, 0.29) is 6.07 Å². The standard InChI is InChI=1S/C12H9F5N2O4/c1-23-11(22)5-2-8(7(14)3-6(5)13)19-10(21)9(20)18-4-12(15,16)17/h2-3H,4H2,1H3,(H,18,20)(H,19,21). The van der Waals surface area contributed by atoms with Gasteiger partial charge in [0.1, 0.15) is 18.2 Å². The van der Waals surface area contributed by atoms with E-state index < -0.39 is 53.4 Å². The van der Waals surface area contributed by atoms with Crippen molar-refractivity contribution >= 4 is 23.5 Å². The third-order valence-electron chi connectivity index (χ3n) is 2.37. The van der Waals surface area contributed by atoms with Crippen LogP contribution in [0.15, 0.2) is 12.1 Å². The molecular weight excluding hydrogens is 331 g/mol. The molecule has 0 aliphatic heterocycles. The van der Waals surface area contributed by atoms with Crippen molar-refractivity contribution < 1.29 is 41.1 Å². The van der Waals surface area contributed by atoms with E-state index in [1.54, 1.807) is 5.32 Å². The van der Waals surface area contributed by atoms with Gasteiger partial charge in [-0.25, -0.2) is 13.6 Å². The van der Waals surface area contributed by atoms with Gasteiger partial charge in [0, 0.05) is 6.07 Å². The Morgan fingerprint density at radius 2 is 1.70 bits per heavy atom. The Morgan fingerprint density at radius 1 is 1.09 bits per heavy atom. The fourth-order valence-electron chi connectivity index (χ4n) is 1.35. The molecule has 0 spiro atoms. The maximum absolute atomic E-state index is 13.5. The van der Waals surface area contributed by atoms with Crippen molar-refractivity contribution in [2.75, 3.05) is 19.0 Å². The van der Waals surface area contributed by atoms with Gasteiger partial charge in [-0.3, -0.25) is 9.59 Å². The number of nitrogens with one attached hydrogen (secondary N) is 2. The van der Waals surface area contributed by atoms with Gasteiger partial charge in [0.15, 0.2) is 0 Å². The molecule has 0 radical (unpaired) electrons. The first-order valence-corrected chi connectivity index (χ1v) is 5.78. The SMILES string of the molecule is COC(=O)c1cc(NC(=O)C(=O)NCC(F)(F)F)c(F)cc1F. The largest absolute Gasteiger partial charge is 0.465 e. The molecule has 0 bridgehead atoms. The van der Waals surface area contributed by atoms with E-state index in [1.807, 2.05) is 0 Å². The monoisotopic (exact) mass is 340 g/mol. The van der Waals surface area contributed by atoms with Crippen LogP contribution in [0.25, 0.3) is 0 Å². The number of alkyl halides is 3. The maximum atomic E-state index is 13.5. The quantitative estimate of drug-likeness (QED) is 0.494. The second-order valence-electron chi connectivity index (χ2n) is 4.06. The normalized spacial score (nSPS) is 10.9. The number of carbonyl (C=O) groups is 3. The first kappa shape index (κ1) is 18.3. The summed E-state index contributed by atoms with van der Waals surface area (Å²) in [4.78, 5) is 33.7. The van der Waals surface area contributed by atoms with Crippen molar-refractivity contribution in [2.45, 2.75) is 6.18 Å². The summed E-state index contributed by atoms with van der Waals surface area (Å²) in [5.74, 6) is -7.12. The summed E-state index contributed by atoms with van der Waals surface area (Å²) in [6, 6.07) is 0.793. The molecule has 2 amide bonds. The molecular formula is C12H9F5N2O4. The van der Waals surface area contributed by atoms with Crippen LogP contribution in [-0.4, -0.2) is 37.6 Å². The lowest BCUT2D eigenvalue weighted by atomic mass is 10.1. The van der Waals surface area contributed by atoms with Crippen LogP contribution in [-0.2, 0) is 14.3 Å². The van der Waals surface area contributed by atoms with E-state index in [1.165, 1.54) is 5.32 Å². The van der Waals surface area contributed by atoms with Crippen molar-refractivity contribution in [2.24, 2.45) is 0 Å². The van der Waals surface area contributed by atoms with Gasteiger partial charge in [-0.2, -0.15) is 13.2 Å². The molecule has 126 valence electrons. The van der Waals surface area contributed by atoms with Crippen LogP contribution in [0.2, 0.25) is 0 Å². The zero-order chi connectivity index (χ0) is 17.8. The zero-order valence-electron chi connectivity index (χ0n) is 11.4. The maximum Gasteiger partial charge on any atom is 0.405 e. The summed E-state index contributed by atoms with van der Waals surface area (Å²) in [6.45, 7) is -1.77. The Bertz CT molecular complexity index is 645. The first-order chi connectivity index (χ1) is 10.5. The van der Waals surface area contributed by atoms with E-state index in [0.29, 0.717) is 6.07 Å². The summed E-state index contributed by atoms with van der Waals surface area (Å²) in [7, 11) is 0.925. The molecule has 0 saturated heterocycles. The summed E-state index contributed by atoms with van der Waals surface area (Å²) in [5.41, 5.74) is -1.51. The van der Waals surface area contributed by atoms with Crippen LogP contribution in [0.3, 0.4) is 0 Å². The van der Waals surface area contributed by atoms with Gasteiger partial charge >= 0.3 is 24.0 Å². The molecule has 0 unspecified atom stereocenters. The topological polar surface area (TPSA) is 84.5 Å². The third kappa shape index (κ3) is 5.20. The van der Waals surface area contributed by atoms with Crippen LogP contribution in [0.1, 0.15) is 10.4 Å². The molecule has 1 aromatic carbocycles. The van der Waals surface area contributed by atoms with Gasteiger partial charge in [0.25, 0.3) is 0 Å². The van der Waals surface area contributed by atoms with Crippen LogP contribution < -0.4 is 10.6 Å². The fraction of sp³-hybridized carbons (Fsp3) is 0.250. The number of hydrogen-bond acceptors (Lipinski definition) is 4. The van der Waals surface area contributed by atoms with E-state index >= 15 is 0 Å². The molecule has 0 saturated carbocycles. The van der Waals surface area contributed by atoms with Gasteiger partial charge in [0.05, 0.1) is 18.4 Å². The van der Waals surface area contributed by atoms with Gasteiger partial charge in [-0.05, 0) is 6.07 Å². The predicted molar refractivity (Wildman–Crippen MR) is 65.4 cm³/mol. The summed E-state index contributed by atoms with van der Waals surface area (Å²) >= 11 is 0. The molecule has 0 aromatic heterocycles. The number of anilines is 1. The number of benzene rings is 1. The lowest BCUT2D eigenvalue weighted by Gasteiger charge is -2.10. The minimum absolute atomic E-state index is 0.246. The number of methoxy groups -OCH3 is 1. The van der Waals surface area contributed by atoms with Crippen molar-refractivity contribution in [1.29, 1.82) is 0 Å². The molecule has 0 aliphatic rings. The van der Waals surface area contributed by atoms with Crippen molar-refractivity contribution in [1.82, 2.24) is 5.32 Å². The minimum atomic E-state index is -4.74. The van der Waals surface area contributed by atoms with Crippen LogP contribution in [0.4, 0.5) is 27.6 Å². The molecule has 11 heteroatoms. The number of hydrogen-bond donors (Lipinski definition) is 2. The highest BCUT2D eigenvalue weighted by atomic mass is 19.4.